The number of methoxy groups -OCH3 is 2. The highest BCUT2D eigenvalue weighted by Gasteiger charge is 2.20. The Balaban J connectivity index is 1.48. The highest BCUT2D eigenvalue weighted by Crippen LogP contribution is 2.26. The number of hydrogen-bond donors (Lipinski definition) is 0. The summed E-state index contributed by atoms with van der Waals surface area (Å²) in [6.45, 7) is 7.02. The van der Waals surface area contributed by atoms with Crippen LogP contribution < -0.4 is 4.74 Å². The highest BCUT2D eigenvalue weighted by molar-refractivity contribution is 5.39. The molecule has 0 bridgehead atoms. The molecule has 5 nitrogen and oxygen atoms in total. The lowest BCUT2D eigenvalue weighted by molar-refractivity contribution is -0.119. The smallest absolute Gasteiger partial charge is 0.169 e. The number of rotatable bonds is 6. The molecule has 22 heavy (non-hydrogen) atoms. The topological polar surface area (TPSA) is 34.2 Å². The number of ether oxygens (including phenoxy) is 3. The zero-order valence-electron chi connectivity index (χ0n) is 13.6. The molecule has 1 fully saturated rings. The van der Waals surface area contributed by atoms with Crippen LogP contribution in [-0.2, 0) is 22.4 Å². The minimum absolute atomic E-state index is 0.122. The van der Waals surface area contributed by atoms with E-state index in [0.717, 1.165) is 58.0 Å². The van der Waals surface area contributed by atoms with Gasteiger partial charge >= 0.3 is 0 Å². The molecule has 2 heterocycles. The van der Waals surface area contributed by atoms with Gasteiger partial charge in [-0.05, 0) is 17.2 Å². The van der Waals surface area contributed by atoms with Crippen LogP contribution in [0.5, 0.6) is 5.75 Å². The predicted octanol–water partition coefficient (Wildman–Crippen LogP) is 1.36. The number of piperazine rings is 1. The third-order valence-electron chi connectivity index (χ3n) is 4.56. The third-order valence-corrected chi connectivity index (χ3v) is 4.56. The largest absolute Gasteiger partial charge is 0.493 e. The van der Waals surface area contributed by atoms with Crippen molar-refractivity contribution in [2.45, 2.75) is 19.3 Å². The molecule has 0 N–H and O–H groups in total. The first kappa shape index (κ1) is 15.7. The van der Waals surface area contributed by atoms with Gasteiger partial charge in [0.05, 0.1) is 6.61 Å². The molecular weight excluding hydrogens is 280 g/mol. The molecule has 2 aliphatic heterocycles. The fraction of sp³-hybridized carbons (Fsp3) is 0.647. The molecule has 1 aromatic carbocycles. The van der Waals surface area contributed by atoms with Crippen molar-refractivity contribution in [1.29, 1.82) is 0 Å². The Morgan fingerprint density at radius 1 is 1.09 bits per heavy atom. The van der Waals surface area contributed by atoms with Crippen molar-refractivity contribution in [3.05, 3.63) is 29.3 Å². The van der Waals surface area contributed by atoms with Crippen LogP contribution in [0.3, 0.4) is 0 Å². The summed E-state index contributed by atoms with van der Waals surface area (Å²) in [6.07, 6.45) is 0.926. The number of fused-ring (bicyclic) bond motifs is 1. The van der Waals surface area contributed by atoms with Gasteiger partial charge in [0.25, 0.3) is 0 Å². The number of hydrogen-bond acceptors (Lipinski definition) is 5. The summed E-state index contributed by atoms with van der Waals surface area (Å²) >= 11 is 0. The first-order valence-corrected chi connectivity index (χ1v) is 8.03. The molecule has 0 amide bonds. The maximum Gasteiger partial charge on any atom is 0.169 e. The van der Waals surface area contributed by atoms with Crippen molar-refractivity contribution in [3.8, 4) is 5.75 Å². The van der Waals surface area contributed by atoms with E-state index in [1.807, 2.05) is 0 Å². The van der Waals surface area contributed by atoms with Crippen molar-refractivity contribution in [2.75, 3.05) is 53.6 Å². The van der Waals surface area contributed by atoms with Gasteiger partial charge in [0.2, 0.25) is 0 Å². The summed E-state index contributed by atoms with van der Waals surface area (Å²) < 4.78 is 16.1. The molecule has 2 aliphatic rings. The Morgan fingerprint density at radius 3 is 2.55 bits per heavy atom. The first-order valence-electron chi connectivity index (χ1n) is 8.03. The van der Waals surface area contributed by atoms with Gasteiger partial charge in [0.1, 0.15) is 5.75 Å². The lowest BCUT2D eigenvalue weighted by Gasteiger charge is -2.35. The molecule has 0 spiro atoms. The Hall–Kier alpha value is -1.14. The monoisotopic (exact) mass is 306 g/mol. The minimum atomic E-state index is -0.122. The standard InChI is InChI=1S/C17H26N2O3/c1-20-17(21-2)13-19-8-6-18(7-9-19)12-14-3-4-16-15(11-14)5-10-22-16/h3-4,11,17H,5-10,12-13H2,1-2H3. The molecule has 1 aromatic rings. The molecule has 0 saturated carbocycles. The lowest BCUT2D eigenvalue weighted by atomic mass is 10.1. The van der Waals surface area contributed by atoms with Gasteiger partial charge in [-0.3, -0.25) is 9.80 Å². The van der Waals surface area contributed by atoms with Gasteiger partial charge < -0.3 is 14.2 Å². The number of nitrogens with zero attached hydrogens (tertiary/aromatic N) is 2. The van der Waals surface area contributed by atoms with Crippen LogP contribution >= 0.6 is 0 Å². The Kier molecular flexibility index (Phi) is 5.31. The maximum absolute atomic E-state index is 5.57. The van der Waals surface area contributed by atoms with Crippen molar-refractivity contribution < 1.29 is 14.2 Å². The van der Waals surface area contributed by atoms with Gasteiger partial charge in [-0.2, -0.15) is 0 Å². The summed E-state index contributed by atoms with van der Waals surface area (Å²) in [6, 6.07) is 6.62. The molecular formula is C17H26N2O3. The molecule has 0 atom stereocenters. The zero-order chi connectivity index (χ0) is 15.4. The Labute approximate surface area is 132 Å². The quantitative estimate of drug-likeness (QED) is 0.741. The molecule has 0 aromatic heterocycles. The van der Waals surface area contributed by atoms with E-state index in [1.54, 1.807) is 14.2 Å². The van der Waals surface area contributed by atoms with Crippen molar-refractivity contribution in [2.24, 2.45) is 0 Å². The van der Waals surface area contributed by atoms with Gasteiger partial charge in [-0.25, -0.2) is 0 Å². The van der Waals surface area contributed by atoms with Gasteiger partial charge in [0, 0.05) is 59.9 Å². The molecule has 122 valence electrons. The van der Waals surface area contributed by atoms with Crippen LogP contribution in [0.4, 0.5) is 0 Å². The molecule has 0 radical (unpaired) electrons. The zero-order valence-corrected chi connectivity index (χ0v) is 13.6. The SMILES string of the molecule is COC(CN1CCN(Cc2ccc3c(c2)CCO3)CC1)OC. The van der Waals surface area contributed by atoms with Crippen LogP contribution in [-0.4, -0.2) is 69.6 Å². The van der Waals surface area contributed by atoms with E-state index in [0.29, 0.717) is 0 Å². The van der Waals surface area contributed by atoms with Gasteiger partial charge in [-0.1, -0.05) is 12.1 Å². The summed E-state index contributed by atoms with van der Waals surface area (Å²) in [7, 11) is 3.39. The second-order valence-corrected chi connectivity index (χ2v) is 6.02. The summed E-state index contributed by atoms with van der Waals surface area (Å²) in [5, 5.41) is 0. The van der Waals surface area contributed by atoms with Crippen LogP contribution in [0.1, 0.15) is 11.1 Å². The minimum Gasteiger partial charge on any atom is -0.493 e. The average Bonchev–Trinajstić information content (AvgIpc) is 3.02. The van der Waals surface area contributed by atoms with Crippen LogP contribution in [0.2, 0.25) is 0 Å². The summed E-state index contributed by atoms with van der Waals surface area (Å²) in [5.74, 6) is 1.07. The normalized spacial score (nSPS) is 19.4. The van der Waals surface area contributed by atoms with Crippen molar-refractivity contribution in [3.63, 3.8) is 0 Å². The molecule has 5 heteroatoms. The van der Waals surface area contributed by atoms with Crippen molar-refractivity contribution >= 4 is 0 Å². The van der Waals surface area contributed by atoms with E-state index in [4.69, 9.17) is 14.2 Å². The molecule has 3 rings (SSSR count). The van der Waals surface area contributed by atoms with E-state index < -0.39 is 0 Å². The van der Waals surface area contributed by atoms with Gasteiger partial charge in [-0.15, -0.1) is 0 Å². The van der Waals surface area contributed by atoms with Gasteiger partial charge in [0.15, 0.2) is 6.29 Å². The molecule has 1 saturated heterocycles. The summed E-state index contributed by atoms with van der Waals surface area (Å²) in [4.78, 5) is 4.92. The van der Waals surface area contributed by atoms with Crippen LogP contribution in [0, 0.1) is 0 Å². The van der Waals surface area contributed by atoms with Crippen LogP contribution in [0.15, 0.2) is 18.2 Å². The fourth-order valence-electron chi connectivity index (χ4n) is 3.18. The molecule has 0 aliphatic carbocycles. The van der Waals surface area contributed by atoms with Crippen molar-refractivity contribution in [1.82, 2.24) is 9.80 Å². The Bertz CT molecular complexity index is 483. The second kappa shape index (κ2) is 7.42. The third kappa shape index (κ3) is 3.79. The fourth-order valence-corrected chi connectivity index (χ4v) is 3.18. The number of benzene rings is 1. The van der Waals surface area contributed by atoms with E-state index in [9.17, 15) is 0 Å². The highest BCUT2D eigenvalue weighted by atomic mass is 16.7. The summed E-state index contributed by atoms with van der Waals surface area (Å²) in [5.41, 5.74) is 2.75. The predicted molar refractivity (Wildman–Crippen MR) is 85.2 cm³/mol. The van der Waals surface area contributed by atoms with Crippen LogP contribution in [0.25, 0.3) is 0 Å². The maximum atomic E-state index is 5.57. The average molecular weight is 306 g/mol. The van der Waals surface area contributed by atoms with E-state index in [1.165, 1.54) is 11.1 Å². The van der Waals surface area contributed by atoms with E-state index in [-0.39, 0.29) is 6.29 Å². The first-order chi connectivity index (χ1) is 10.8. The molecule has 0 unspecified atom stereocenters. The van der Waals surface area contributed by atoms with E-state index in [2.05, 4.69) is 28.0 Å². The Morgan fingerprint density at radius 2 is 1.82 bits per heavy atom. The van der Waals surface area contributed by atoms with E-state index >= 15 is 0 Å². The lowest BCUT2D eigenvalue weighted by Crippen LogP contribution is -2.48. The second-order valence-electron chi connectivity index (χ2n) is 6.02.